The fourth-order valence-corrected chi connectivity index (χ4v) is 5.65. The Morgan fingerprint density at radius 2 is 2.00 bits per heavy atom. The van der Waals surface area contributed by atoms with Crippen molar-refractivity contribution < 1.29 is 22.3 Å². The molecule has 9 nitrogen and oxygen atoms in total. The Kier molecular flexibility index (Phi) is 6.61. The van der Waals surface area contributed by atoms with Crippen LogP contribution in [0.3, 0.4) is 0 Å². The zero-order valence-corrected chi connectivity index (χ0v) is 21.1. The van der Waals surface area contributed by atoms with Gasteiger partial charge < -0.3 is 14.6 Å². The van der Waals surface area contributed by atoms with Crippen LogP contribution in [0, 0.1) is 11.7 Å². The highest BCUT2D eigenvalue weighted by Gasteiger charge is 2.39. The summed E-state index contributed by atoms with van der Waals surface area (Å²) < 4.78 is 46.6. The number of carbonyl (C=O) groups excluding carboxylic acids is 1. The Bertz CT molecular complexity index is 1490. The first kappa shape index (κ1) is 25.4. The van der Waals surface area contributed by atoms with Gasteiger partial charge in [0.05, 0.1) is 18.4 Å². The summed E-state index contributed by atoms with van der Waals surface area (Å²) in [6.07, 6.45) is 2.13. The van der Waals surface area contributed by atoms with E-state index in [2.05, 4.69) is 11.9 Å². The Morgan fingerprint density at radius 3 is 2.64 bits per heavy atom. The molecule has 0 spiro atoms. The van der Waals surface area contributed by atoms with Crippen LogP contribution in [0.5, 0.6) is 5.75 Å². The van der Waals surface area contributed by atoms with Crippen LogP contribution in [0.4, 0.5) is 10.2 Å². The molecular weight excluding hydrogens is 487 g/mol. The van der Waals surface area contributed by atoms with Crippen LogP contribution in [0.25, 0.3) is 11.3 Å². The molecule has 1 atom stereocenters. The van der Waals surface area contributed by atoms with Gasteiger partial charge >= 0.3 is 0 Å². The number of halogens is 1. The molecule has 1 aliphatic heterocycles. The number of aromatic amines is 1. The summed E-state index contributed by atoms with van der Waals surface area (Å²) in [4.78, 5) is 33.7. The lowest BCUT2D eigenvalue weighted by Gasteiger charge is -2.34. The molecule has 0 radical (unpaired) electrons. The van der Waals surface area contributed by atoms with Crippen molar-refractivity contribution in [3.05, 3.63) is 70.4 Å². The maximum atomic E-state index is 14.0. The van der Waals surface area contributed by atoms with E-state index in [-0.39, 0.29) is 16.9 Å². The van der Waals surface area contributed by atoms with Crippen LogP contribution in [0.15, 0.2) is 58.4 Å². The van der Waals surface area contributed by atoms with E-state index in [1.165, 1.54) is 37.6 Å². The van der Waals surface area contributed by atoms with Gasteiger partial charge in [-0.2, -0.15) is 0 Å². The molecule has 36 heavy (non-hydrogen) atoms. The Balaban J connectivity index is 1.80. The lowest BCUT2D eigenvalue weighted by Crippen LogP contribution is -2.41. The van der Waals surface area contributed by atoms with E-state index < -0.39 is 32.2 Å². The second kappa shape index (κ2) is 9.38. The number of benzene rings is 1. The molecule has 4 rings (SSSR count). The van der Waals surface area contributed by atoms with E-state index in [0.717, 1.165) is 12.5 Å². The summed E-state index contributed by atoms with van der Waals surface area (Å²) in [6, 6.07) is 9.82. The normalized spacial score (nSPS) is 17.1. The van der Waals surface area contributed by atoms with Gasteiger partial charge in [0, 0.05) is 23.8 Å². The third-order valence-corrected chi connectivity index (χ3v) is 7.55. The molecule has 0 bridgehead atoms. The SMILES string of the molecule is COc1cc(-c2ccc(C(=O)NS(=O)(=O)c3ccc[nH]c3=O)c(N3C[C@@H](C)CC3(C)C)n2)ccc1F. The van der Waals surface area contributed by atoms with E-state index in [0.29, 0.717) is 29.5 Å². The minimum Gasteiger partial charge on any atom is -0.494 e. The minimum atomic E-state index is -4.44. The molecule has 3 aromatic rings. The van der Waals surface area contributed by atoms with Crippen LogP contribution in [0.1, 0.15) is 37.6 Å². The highest BCUT2D eigenvalue weighted by molar-refractivity contribution is 7.90. The van der Waals surface area contributed by atoms with E-state index in [4.69, 9.17) is 9.72 Å². The number of pyridine rings is 2. The van der Waals surface area contributed by atoms with E-state index >= 15 is 0 Å². The first-order chi connectivity index (χ1) is 16.9. The van der Waals surface area contributed by atoms with E-state index in [9.17, 15) is 22.4 Å². The molecule has 2 N–H and O–H groups in total. The summed E-state index contributed by atoms with van der Waals surface area (Å²) in [5.74, 6) is -0.793. The minimum absolute atomic E-state index is 0.0333. The number of H-pyrrole nitrogens is 1. The van der Waals surface area contributed by atoms with Crippen LogP contribution in [-0.2, 0) is 10.0 Å². The number of carbonyl (C=O) groups is 1. The van der Waals surface area contributed by atoms with Gasteiger partial charge in [-0.15, -0.1) is 0 Å². The lowest BCUT2D eigenvalue weighted by molar-refractivity contribution is 0.0981. The van der Waals surface area contributed by atoms with Crippen LogP contribution in [0.2, 0.25) is 0 Å². The molecule has 1 fully saturated rings. The number of nitrogens with one attached hydrogen (secondary N) is 2. The number of nitrogens with zero attached hydrogens (tertiary/aromatic N) is 2. The third kappa shape index (κ3) is 4.83. The van der Waals surface area contributed by atoms with Gasteiger partial charge in [0.15, 0.2) is 16.5 Å². The van der Waals surface area contributed by atoms with Gasteiger partial charge in [-0.1, -0.05) is 6.92 Å². The second-order valence-electron chi connectivity index (χ2n) is 9.45. The quantitative estimate of drug-likeness (QED) is 0.518. The number of hydrogen-bond donors (Lipinski definition) is 2. The zero-order valence-electron chi connectivity index (χ0n) is 20.3. The molecule has 3 heterocycles. The van der Waals surface area contributed by atoms with Crippen molar-refractivity contribution in [3.8, 4) is 17.0 Å². The maximum absolute atomic E-state index is 14.0. The molecule has 0 aliphatic carbocycles. The van der Waals surface area contributed by atoms with Crippen molar-refractivity contribution in [2.45, 2.75) is 37.6 Å². The smallest absolute Gasteiger partial charge is 0.269 e. The number of hydrogen-bond acceptors (Lipinski definition) is 7. The number of amides is 1. The van der Waals surface area contributed by atoms with E-state index in [1.807, 2.05) is 23.5 Å². The standard InChI is InChI=1S/C25H27FN4O5S/c1-15-13-25(2,3)30(14-15)22-17(23(31)29-36(33,34)21-6-5-11-27-24(21)32)8-10-19(28-22)16-7-9-18(26)20(12-16)35-4/h5-12,15H,13-14H2,1-4H3,(H,27,32)(H,29,31)/t15-/m0/s1. The van der Waals surface area contributed by atoms with Gasteiger partial charge in [0.2, 0.25) is 0 Å². The Labute approximate surface area is 208 Å². The second-order valence-corrected chi connectivity index (χ2v) is 11.1. The lowest BCUT2D eigenvalue weighted by atomic mass is 9.97. The van der Waals surface area contributed by atoms with Gasteiger partial charge in [-0.05, 0) is 68.7 Å². The molecule has 1 aromatic carbocycles. The van der Waals surface area contributed by atoms with Crippen molar-refractivity contribution in [2.75, 3.05) is 18.6 Å². The first-order valence-corrected chi connectivity index (χ1v) is 12.8. The zero-order chi connectivity index (χ0) is 26.3. The molecule has 1 amide bonds. The molecular formula is C25H27FN4O5S. The Morgan fingerprint density at radius 1 is 1.25 bits per heavy atom. The fraction of sp³-hybridized carbons (Fsp3) is 0.320. The first-order valence-electron chi connectivity index (χ1n) is 11.3. The topological polar surface area (TPSA) is 121 Å². The molecule has 11 heteroatoms. The van der Waals surface area contributed by atoms with Crippen LogP contribution >= 0.6 is 0 Å². The van der Waals surface area contributed by atoms with Gasteiger partial charge in [-0.3, -0.25) is 9.59 Å². The molecule has 190 valence electrons. The summed E-state index contributed by atoms with van der Waals surface area (Å²) in [7, 11) is -3.08. The maximum Gasteiger partial charge on any atom is 0.269 e. The predicted molar refractivity (Wildman–Crippen MR) is 133 cm³/mol. The summed E-state index contributed by atoms with van der Waals surface area (Å²) >= 11 is 0. The van der Waals surface area contributed by atoms with Crippen LogP contribution in [-0.4, -0.2) is 43.5 Å². The average Bonchev–Trinajstić information content (AvgIpc) is 3.10. The summed E-state index contributed by atoms with van der Waals surface area (Å²) in [6.45, 7) is 6.73. The Hall–Kier alpha value is -3.73. The van der Waals surface area contributed by atoms with Crippen molar-refractivity contribution in [1.29, 1.82) is 0 Å². The molecule has 0 unspecified atom stereocenters. The molecule has 1 saturated heterocycles. The van der Waals surface area contributed by atoms with Crippen molar-refractivity contribution in [3.63, 3.8) is 0 Å². The van der Waals surface area contributed by atoms with Crippen molar-refractivity contribution >= 4 is 21.7 Å². The number of anilines is 1. The number of rotatable bonds is 6. The highest BCUT2D eigenvalue weighted by atomic mass is 32.2. The van der Waals surface area contributed by atoms with Crippen molar-refractivity contribution in [1.82, 2.24) is 14.7 Å². The highest BCUT2D eigenvalue weighted by Crippen LogP contribution is 2.38. The van der Waals surface area contributed by atoms with Gasteiger partial charge in [0.1, 0.15) is 5.82 Å². The summed E-state index contributed by atoms with van der Waals surface area (Å²) in [5, 5.41) is 0. The molecule has 1 aliphatic rings. The average molecular weight is 515 g/mol. The van der Waals surface area contributed by atoms with E-state index in [1.54, 1.807) is 12.1 Å². The van der Waals surface area contributed by atoms with Gasteiger partial charge in [-0.25, -0.2) is 22.5 Å². The van der Waals surface area contributed by atoms with Crippen LogP contribution < -0.4 is 19.9 Å². The molecule has 2 aromatic heterocycles. The number of sulfonamides is 1. The number of aromatic nitrogens is 2. The number of ether oxygens (including phenoxy) is 1. The van der Waals surface area contributed by atoms with Crippen molar-refractivity contribution in [2.24, 2.45) is 5.92 Å². The predicted octanol–water partition coefficient (Wildman–Crippen LogP) is 3.33. The monoisotopic (exact) mass is 514 g/mol. The largest absolute Gasteiger partial charge is 0.494 e. The van der Waals surface area contributed by atoms with Gasteiger partial charge in [0.25, 0.3) is 21.5 Å². The third-order valence-electron chi connectivity index (χ3n) is 6.19. The summed E-state index contributed by atoms with van der Waals surface area (Å²) in [5.41, 5.74) is -0.152. The fourth-order valence-electron chi connectivity index (χ4n) is 4.62. The molecule has 0 saturated carbocycles. The number of methoxy groups -OCH3 is 1.